The van der Waals surface area contributed by atoms with E-state index in [-0.39, 0.29) is 23.9 Å². The fourth-order valence-electron chi connectivity index (χ4n) is 2.75. The molecule has 3 aromatic rings. The van der Waals surface area contributed by atoms with E-state index >= 15 is 0 Å². The molecule has 0 aliphatic carbocycles. The number of esters is 1. The van der Waals surface area contributed by atoms with Gasteiger partial charge in [0.1, 0.15) is 17.4 Å². The van der Waals surface area contributed by atoms with Gasteiger partial charge in [0.15, 0.2) is 5.69 Å². The number of fused-ring (bicyclic) bond motifs is 1. The van der Waals surface area contributed by atoms with Crippen LogP contribution in [-0.4, -0.2) is 22.7 Å². The van der Waals surface area contributed by atoms with Crippen molar-refractivity contribution >= 4 is 28.2 Å². The van der Waals surface area contributed by atoms with Crippen LogP contribution in [0.25, 0.3) is 10.8 Å². The summed E-state index contributed by atoms with van der Waals surface area (Å²) in [5.74, 6) is -0.523. The van der Waals surface area contributed by atoms with Crippen molar-refractivity contribution in [2.45, 2.75) is 13.3 Å². The molecule has 0 atom stereocenters. The van der Waals surface area contributed by atoms with Crippen LogP contribution in [0.1, 0.15) is 23.0 Å². The number of nitrogens with one attached hydrogen (secondary N) is 1. The van der Waals surface area contributed by atoms with Gasteiger partial charge in [-0.05, 0) is 49.2 Å². The summed E-state index contributed by atoms with van der Waals surface area (Å²) < 4.78 is 18.2. The number of rotatable bonds is 6. The molecule has 0 fully saturated rings. The summed E-state index contributed by atoms with van der Waals surface area (Å²) in [6.45, 7) is 5.60. The monoisotopic (exact) mass is 366 g/mol. The molecule has 0 saturated carbocycles. The molecular formula is C21H19FN2O3. The van der Waals surface area contributed by atoms with Crippen molar-refractivity contribution < 1.29 is 19.0 Å². The van der Waals surface area contributed by atoms with Crippen molar-refractivity contribution in [1.29, 1.82) is 0 Å². The maximum absolute atomic E-state index is 13.2. The summed E-state index contributed by atoms with van der Waals surface area (Å²) in [5, 5.41) is 14.8. The molecule has 0 unspecified atom stereocenters. The Bertz CT molecular complexity index is 1000. The zero-order valence-electron chi connectivity index (χ0n) is 14.8. The molecule has 3 rings (SSSR count). The lowest BCUT2D eigenvalue weighted by atomic mass is 10.0. The average molecular weight is 366 g/mol. The van der Waals surface area contributed by atoms with E-state index in [2.05, 4.69) is 16.9 Å². The first-order valence-electron chi connectivity index (χ1n) is 8.49. The molecule has 0 radical (unpaired) electrons. The fourth-order valence-corrected chi connectivity index (χ4v) is 2.75. The lowest BCUT2D eigenvalue weighted by Crippen LogP contribution is -2.09. The number of anilines is 2. The Hall–Kier alpha value is -3.41. The van der Waals surface area contributed by atoms with Crippen LogP contribution in [0.4, 0.5) is 15.9 Å². The van der Waals surface area contributed by atoms with Gasteiger partial charge in [-0.3, -0.25) is 0 Å². The van der Waals surface area contributed by atoms with E-state index in [1.165, 1.54) is 18.2 Å². The number of carbonyl (C=O) groups excluding carboxylic acids is 1. The van der Waals surface area contributed by atoms with Crippen LogP contribution in [0.2, 0.25) is 0 Å². The first-order valence-corrected chi connectivity index (χ1v) is 8.49. The van der Waals surface area contributed by atoms with Gasteiger partial charge in [0.2, 0.25) is 0 Å². The number of carbonyl (C=O) groups is 1. The SMILES string of the molecule is C=CCc1ccc2c(Nc3ccc(F)cc3)nc(C(=O)OCC)cc2c1O. The molecule has 6 heteroatoms. The second-order valence-electron chi connectivity index (χ2n) is 5.87. The summed E-state index contributed by atoms with van der Waals surface area (Å²) in [5.41, 5.74) is 1.35. The van der Waals surface area contributed by atoms with Crippen LogP contribution in [0.15, 0.2) is 55.1 Å². The molecule has 2 N–H and O–H groups in total. The Labute approximate surface area is 156 Å². The number of ether oxygens (including phenoxy) is 1. The highest BCUT2D eigenvalue weighted by Crippen LogP contribution is 2.34. The van der Waals surface area contributed by atoms with Crippen molar-refractivity contribution in [3.63, 3.8) is 0 Å². The molecular weight excluding hydrogens is 347 g/mol. The number of hydrogen-bond donors (Lipinski definition) is 2. The molecule has 0 spiro atoms. The highest BCUT2D eigenvalue weighted by Gasteiger charge is 2.17. The molecule has 1 heterocycles. The zero-order valence-corrected chi connectivity index (χ0v) is 14.8. The average Bonchev–Trinajstić information content (AvgIpc) is 2.66. The number of aromatic hydroxyl groups is 1. The van der Waals surface area contributed by atoms with Crippen LogP contribution in [0, 0.1) is 5.82 Å². The number of pyridine rings is 1. The first kappa shape index (κ1) is 18.4. The predicted molar refractivity (Wildman–Crippen MR) is 103 cm³/mol. The summed E-state index contributed by atoms with van der Waals surface area (Å²) in [6, 6.07) is 10.9. The number of allylic oxidation sites excluding steroid dienone is 1. The molecule has 2 aromatic carbocycles. The van der Waals surface area contributed by atoms with Crippen molar-refractivity contribution in [3.8, 4) is 5.75 Å². The van der Waals surface area contributed by atoms with Gasteiger partial charge in [0.25, 0.3) is 0 Å². The van der Waals surface area contributed by atoms with E-state index in [0.717, 1.165) is 0 Å². The van der Waals surface area contributed by atoms with Crippen LogP contribution in [-0.2, 0) is 11.2 Å². The maximum Gasteiger partial charge on any atom is 0.357 e. The molecule has 0 bridgehead atoms. The van der Waals surface area contributed by atoms with Gasteiger partial charge in [-0.1, -0.05) is 18.2 Å². The predicted octanol–water partition coefficient (Wildman–Crippen LogP) is 4.73. The van der Waals surface area contributed by atoms with Crippen LogP contribution in [0.3, 0.4) is 0 Å². The Morgan fingerprint density at radius 2 is 2.00 bits per heavy atom. The van der Waals surface area contributed by atoms with Crippen molar-refractivity contribution in [2.24, 2.45) is 0 Å². The fraction of sp³-hybridized carbons (Fsp3) is 0.143. The number of aromatic nitrogens is 1. The zero-order chi connectivity index (χ0) is 19.4. The Balaban J connectivity index is 2.16. The normalized spacial score (nSPS) is 10.6. The molecule has 0 aliphatic heterocycles. The summed E-state index contributed by atoms with van der Waals surface area (Å²) in [6.07, 6.45) is 2.17. The number of phenols is 1. The number of hydrogen-bond acceptors (Lipinski definition) is 5. The second kappa shape index (κ2) is 7.86. The van der Waals surface area contributed by atoms with Gasteiger partial charge >= 0.3 is 5.97 Å². The van der Waals surface area contributed by atoms with Crippen molar-refractivity contribution in [1.82, 2.24) is 4.98 Å². The van der Waals surface area contributed by atoms with Crippen LogP contribution in [0.5, 0.6) is 5.75 Å². The number of phenolic OH excluding ortho intramolecular Hbond substituents is 1. The van der Waals surface area contributed by atoms with Gasteiger partial charge in [0, 0.05) is 16.5 Å². The van der Waals surface area contributed by atoms with E-state index in [9.17, 15) is 14.3 Å². The van der Waals surface area contributed by atoms with Gasteiger partial charge in [0.05, 0.1) is 6.61 Å². The highest BCUT2D eigenvalue weighted by molar-refractivity contribution is 6.02. The Kier molecular flexibility index (Phi) is 5.35. The van der Waals surface area contributed by atoms with E-state index in [4.69, 9.17) is 4.74 Å². The van der Waals surface area contributed by atoms with E-state index in [1.54, 1.807) is 31.2 Å². The van der Waals surface area contributed by atoms with Gasteiger partial charge < -0.3 is 15.2 Å². The van der Waals surface area contributed by atoms with Gasteiger partial charge in [-0.15, -0.1) is 6.58 Å². The molecule has 27 heavy (non-hydrogen) atoms. The molecule has 138 valence electrons. The third-order valence-corrected chi connectivity index (χ3v) is 4.02. The van der Waals surface area contributed by atoms with E-state index in [0.29, 0.717) is 34.3 Å². The third-order valence-electron chi connectivity index (χ3n) is 4.02. The topological polar surface area (TPSA) is 71.5 Å². The molecule has 0 saturated heterocycles. The van der Waals surface area contributed by atoms with Gasteiger partial charge in [-0.25, -0.2) is 14.2 Å². The molecule has 1 aromatic heterocycles. The summed E-state index contributed by atoms with van der Waals surface area (Å²) in [4.78, 5) is 16.5. The minimum absolute atomic E-state index is 0.0579. The summed E-state index contributed by atoms with van der Waals surface area (Å²) in [7, 11) is 0. The number of benzene rings is 2. The van der Waals surface area contributed by atoms with Gasteiger partial charge in [-0.2, -0.15) is 0 Å². The highest BCUT2D eigenvalue weighted by atomic mass is 19.1. The van der Waals surface area contributed by atoms with Crippen LogP contribution < -0.4 is 5.32 Å². The minimum atomic E-state index is -0.588. The first-order chi connectivity index (χ1) is 13.0. The smallest absolute Gasteiger partial charge is 0.357 e. The van der Waals surface area contributed by atoms with Crippen molar-refractivity contribution in [2.75, 3.05) is 11.9 Å². The molecule has 5 nitrogen and oxygen atoms in total. The Morgan fingerprint density at radius 3 is 2.67 bits per heavy atom. The maximum atomic E-state index is 13.2. The quantitative estimate of drug-likeness (QED) is 0.487. The van der Waals surface area contributed by atoms with E-state index in [1.807, 2.05) is 6.07 Å². The van der Waals surface area contributed by atoms with E-state index < -0.39 is 5.97 Å². The minimum Gasteiger partial charge on any atom is -0.507 e. The largest absolute Gasteiger partial charge is 0.507 e. The number of nitrogens with zero attached hydrogens (tertiary/aromatic N) is 1. The summed E-state index contributed by atoms with van der Waals surface area (Å²) >= 11 is 0. The van der Waals surface area contributed by atoms with Crippen LogP contribution >= 0.6 is 0 Å². The lowest BCUT2D eigenvalue weighted by Gasteiger charge is -2.14. The lowest BCUT2D eigenvalue weighted by molar-refractivity contribution is 0.0520. The standard InChI is InChI=1S/C21H19FN2O3/c1-3-5-13-6-11-16-17(19(13)25)12-18(21(26)27-4-2)24-20(16)23-15-9-7-14(22)8-10-15/h3,6-12,25H,1,4-5H2,2H3,(H,23,24). The number of halogens is 1. The Morgan fingerprint density at radius 1 is 1.26 bits per heavy atom. The molecule has 0 aliphatic rings. The van der Waals surface area contributed by atoms with Crippen molar-refractivity contribution in [3.05, 3.63) is 72.2 Å². The third kappa shape index (κ3) is 3.89. The second-order valence-corrected chi connectivity index (χ2v) is 5.87. The molecule has 0 amide bonds.